The van der Waals surface area contributed by atoms with Crippen LogP contribution in [0.3, 0.4) is 0 Å². The molecular weight excluding hydrogens is 418 g/mol. The van der Waals surface area contributed by atoms with Crippen molar-refractivity contribution < 1.29 is 22.6 Å². The van der Waals surface area contributed by atoms with Gasteiger partial charge in [-0.1, -0.05) is 36.4 Å². The van der Waals surface area contributed by atoms with Crippen LogP contribution in [0.5, 0.6) is 0 Å². The Morgan fingerprint density at radius 1 is 0.968 bits per heavy atom. The SMILES string of the molecule is N#CCc1ccc(Nc2cc(S(=O)(=O)O)c(N)c3c2C(=O)c2ccccc2C3=O)cc1. The first kappa shape index (κ1) is 20.3. The van der Waals surface area contributed by atoms with Crippen molar-refractivity contribution in [2.24, 2.45) is 0 Å². The minimum Gasteiger partial charge on any atom is -0.397 e. The quantitative estimate of drug-likeness (QED) is 0.328. The third kappa shape index (κ3) is 3.44. The van der Waals surface area contributed by atoms with Gasteiger partial charge in [0.05, 0.1) is 35.0 Å². The van der Waals surface area contributed by atoms with Crippen molar-refractivity contribution in [2.45, 2.75) is 11.3 Å². The lowest BCUT2D eigenvalue weighted by Crippen LogP contribution is -2.25. The zero-order valence-electron chi connectivity index (χ0n) is 15.9. The summed E-state index contributed by atoms with van der Waals surface area (Å²) in [5.41, 5.74) is 6.65. The number of hydrogen-bond acceptors (Lipinski definition) is 7. The standard InChI is InChI=1S/C22H15N3O5S/c23-10-9-12-5-7-13(8-6-12)25-16-11-17(31(28,29)30)20(24)19-18(16)21(26)14-3-1-2-4-15(14)22(19)27/h1-8,11,25H,9,24H2,(H,28,29,30). The van der Waals surface area contributed by atoms with E-state index in [9.17, 15) is 22.6 Å². The Kier molecular flexibility index (Phi) is 4.81. The van der Waals surface area contributed by atoms with E-state index in [1.54, 1.807) is 36.4 Å². The smallest absolute Gasteiger partial charge is 0.296 e. The van der Waals surface area contributed by atoms with Crippen molar-refractivity contribution in [2.75, 3.05) is 11.1 Å². The van der Waals surface area contributed by atoms with Gasteiger partial charge in [-0.15, -0.1) is 0 Å². The minimum atomic E-state index is -4.78. The Balaban J connectivity index is 1.94. The maximum atomic E-state index is 13.2. The molecule has 0 fully saturated rings. The van der Waals surface area contributed by atoms with Crippen LogP contribution in [0.2, 0.25) is 0 Å². The van der Waals surface area contributed by atoms with E-state index in [-0.39, 0.29) is 34.4 Å². The summed E-state index contributed by atoms with van der Waals surface area (Å²) in [6.45, 7) is 0. The second-order valence-corrected chi connectivity index (χ2v) is 8.31. The van der Waals surface area contributed by atoms with Gasteiger partial charge in [-0.25, -0.2) is 0 Å². The van der Waals surface area contributed by atoms with Gasteiger partial charge in [-0.2, -0.15) is 13.7 Å². The molecule has 0 heterocycles. The summed E-state index contributed by atoms with van der Waals surface area (Å²) >= 11 is 0. The lowest BCUT2D eigenvalue weighted by atomic mass is 9.82. The van der Waals surface area contributed by atoms with Crippen molar-refractivity contribution in [1.29, 1.82) is 5.26 Å². The molecule has 0 atom stereocenters. The first-order chi connectivity index (χ1) is 14.7. The van der Waals surface area contributed by atoms with Gasteiger partial charge < -0.3 is 11.1 Å². The molecule has 0 aliphatic heterocycles. The molecule has 0 saturated heterocycles. The van der Waals surface area contributed by atoms with Gasteiger partial charge in [-0.3, -0.25) is 14.1 Å². The normalized spacial score (nSPS) is 12.6. The van der Waals surface area contributed by atoms with Crippen molar-refractivity contribution in [3.8, 4) is 6.07 Å². The van der Waals surface area contributed by atoms with E-state index in [4.69, 9.17) is 11.0 Å². The maximum absolute atomic E-state index is 13.2. The van der Waals surface area contributed by atoms with Crippen LogP contribution >= 0.6 is 0 Å². The molecule has 8 nitrogen and oxygen atoms in total. The average Bonchev–Trinajstić information content (AvgIpc) is 2.73. The summed E-state index contributed by atoms with van der Waals surface area (Å²) in [4.78, 5) is 25.7. The number of anilines is 3. The predicted molar refractivity (Wildman–Crippen MR) is 113 cm³/mol. The number of benzene rings is 3. The number of nitrogen functional groups attached to an aromatic ring is 1. The second-order valence-electron chi connectivity index (χ2n) is 6.92. The lowest BCUT2D eigenvalue weighted by molar-refractivity contribution is 0.0980. The predicted octanol–water partition coefficient (Wildman–Crippen LogP) is 3.10. The third-order valence-electron chi connectivity index (χ3n) is 4.99. The highest BCUT2D eigenvalue weighted by molar-refractivity contribution is 7.86. The molecule has 0 bridgehead atoms. The van der Waals surface area contributed by atoms with Crippen LogP contribution in [0.4, 0.5) is 17.1 Å². The Hall–Kier alpha value is -4.00. The molecular formula is C22H15N3O5S. The van der Waals surface area contributed by atoms with Crippen LogP contribution in [0.1, 0.15) is 37.4 Å². The summed E-state index contributed by atoms with van der Waals surface area (Å²) < 4.78 is 33.5. The van der Waals surface area contributed by atoms with E-state index in [1.807, 2.05) is 6.07 Å². The van der Waals surface area contributed by atoms with Crippen molar-refractivity contribution in [1.82, 2.24) is 0 Å². The van der Waals surface area contributed by atoms with Crippen LogP contribution < -0.4 is 11.1 Å². The number of carbonyl (C=O) groups is 2. The maximum Gasteiger partial charge on any atom is 0.296 e. The summed E-state index contributed by atoms with van der Waals surface area (Å²) in [6, 6.07) is 15.9. The van der Waals surface area contributed by atoms with Gasteiger partial charge in [0.2, 0.25) is 0 Å². The molecule has 0 spiro atoms. The molecule has 4 rings (SSSR count). The minimum absolute atomic E-state index is 0.0118. The summed E-state index contributed by atoms with van der Waals surface area (Å²) in [7, 11) is -4.78. The van der Waals surface area contributed by atoms with E-state index in [2.05, 4.69) is 5.32 Å². The van der Waals surface area contributed by atoms with E-state index >= 15 is 0 Å². The van der Waals surface area contributed by atoms with Gasteiger partial charge >= 0.3 is 0 Å². The third-order valence-corrected chi connectivity index (χ3v) is 5.89. The van der Waals surface area contributed by atoms with Crippen LogP contribution in [0, 0.1) is 11.3 Å². The summed E-state index contributed by atoms with van der Waals surface area (Å²) in [5.74, 6) is -1.11. The molecule has 31 heavy (non-hydrogen) atoms. The first-order valence-electron chi connectivity index (χ1n) is 9.07. The molecule has 3 aromatic rings. The highest BCUT2D eigenvalue weighted by atomic mass is 32.2. The second kappa shape index (κ2) is 7.36. The van der Waals surface area contributed by atoms with E-state index in [0.29, 0.717) is 5.69 Å². The fourth-order valence-electron chi connectivity index (χ4n) is 3.56. The zero-order chi connectivity index (χ0) is 22.3. The van der Waals surface area contributed by atoms with E-state index < -0.39 is 32.3 Å². The Bertz CT molecular complexity index is 1400. The van der Waals surface area contributed by atoms with E-state index in [1.165, 1.54) is 12.1 Å². The number of nitriles is 1. The molecule has 0 amide bonds. The Morgan fingerprint density at radius 2 is 1.55 bits per heavy atom. The van der Waals surface area contributed by atoms with Gasteiger partial charge in [0, 0.05) is 16.8 Å². The number of fused-ring (bicyclic) bond motifs is 2. The van der Waals surface area contributed by atoms with Crippen molar-refractivity contribution in [3.05, 3.63) is 82.4 Å². The van der Waals surface area contributed by atoms with Gasteiger partial charge in [-0.05, 0) is 23.8 Å². The number of ketones is 2. The molecule has 1 aliphatic rings. The largest absolute Gasteiger partial charge is 0.397 e. The Morgan fingerprint density at radius 3 is 2.10 bits per heavy atom. The van der Waals surface area contributed by atoms with Crippen molar-refractivity contribution >= 4 is 38.7 Å². The topological polar surface area (TPSA) is 150 Å². The number of nitrogens with zero attached hydrogens (tertiary/aromatic N) is 1. The van der Waals surface area contributed by atoms with Crippen LogP contribution in [0.15, 0.2) is 59.5 Å². The molecule has 4 N–H and O–H groups in total. The summed E-state index contributed by atoms with van der Waals surface area (Å²) in [5, 5.41) is 11.7. The highest BCUT2D eigenvalue weighted by Crippen LogP contribution is 2.40. The van der Waals surface area contributed by atoms with E-state index in [0.717, 1.165) is 11.6 Å². The zero-order valence-corrected chi connectivity index (χ0v) is 16.7. The average molecular weight is 433 g/mol. The molecule has 0 radical (unpaired) electrons. The monoisotopic (exact) mass is 433 g/mol. The molecule has 9 heteroatoms. The highest BCUT2D eigenvalue weighted by Gasteiger charge is 2.36. The van der Waals surface area contributed by atoms with Gasteiger partial charge in [0.1, 0.15) is 4.90 Å². The van der Waals surface area contributed by atoms with Crippen molar-refractivity contribution in [3.63, 3.8) is 0 Å². The molecule has 3 aromatic carbocycles. The van der Waals surface area contributed by atoms with Crippen LogP contribution in [-0.4, -0.2) is 24.5 Å². The van der Waals surface area contributed by atoms with Gasteiger partial charge in [0.15, 0.2) is 11.6 Å². The number of nitrogens with one attached hydrogen (secondary N) is 1. The van der Waals surface area contributed by atoms with Crippen LogP contribution in [0.25, 0.3) is 0 Å². The molecule has 0 aromatic heterocycles. The molecule has 1 aliphatic carbocycles. The molecule has 0 unspecified atom stereocenters. The number of hydrogen-bond donors (Lipinski definition) is 3. The number of carbonyl (C=O) groups excluding carboxylic acids is 2. The molecule has 154 valence electrons. The number of nitrogens with two attached hydrogens (primary N) is 1. The summed E-state index contributed by atoms with van der Waals surface area (Å²) in [6.07, 6.45) is 0.216. The van der Waals surface area contributed by atoms with Gasteiger partial charge in [0.25, 0.3) is 10.1 Å². The fraction of sp³-hybridized carbons (Fsp3) is 0.0455. The fourth-order valence-corrected chi connectivity index (χ4v) is 4.21. The number of rotatable bonds is 4. The molecule has 0 saturated carbocycles. The first-order valence-corrected chi connectivity index (χ1v) is 10.5. The lowest BCUT2D eigenvalue weighted by Gasteiger charge is -2.23. The van der Waals surface area contributed by atoms with Crippen LogP contribution in [-0.2, 0) is 16.5 Å². The Labute approximate surface area is 177 Å².